The smallest absolute Gasteiger partial charge is 0.134 e. The van der Waals surface area contributed by atoms with Gasteiger partial charge in [-0.3, -0.25) is 4.79 Å². The van der Waals surface area contributed by atoms with Crippen LogP contribution in [0.5, 0.6) is 5.75 Å². The fraction of sp³-hybridized carbons (Fsp3) is 0.250. The first-order valence-electron chi connectivity index (χ1n) is 4.54. The van der Waals surface area contributed by atoms with Gasteiger partial charge < -0.3 is 4.74 Å². The number of hydrogen-bond acceptors (Lipinski definition) is 2. The Morgan fingerprint density at radius 1 is 1.43 bits per heavy atom. The highest BCUT2D eigenvalue weighted by atomic mass is 16.5. The van der Waals surface area contributed by atoms with E-state index in [-0.39, 0.29) is 5.78 Å². The van der Waals surface area contributed by atoms with E-state index in [4.69, 9.17) is 4.74 Å². The third kappa shape index (κ3) is 3.44. The van der Waals surface area contributed by atoms with Crippen LogP contribution in [0, 0.1) is 0 Å². The Hall–Kier alpha value is -1.57. The summed E-state index contributed by atoms with van der Waals surface area (Å²) in [4.78, 5) is 10.8. The minimum Gasteiger partial charge on any atom is -0.490 e. The summed E-state index contributed by atoms with van der Waals surface area (Å²) in [6.07, 6.45) is 2.19. The Balaban J connectivity index is 2.58. The second-order valence-electron chi connectivity index (χ2n) is 3.12. The zero-order valence-electron chi connectivity index (χ0n) is 8.32. The predicted octanol–water partition coefficient (Wildman–Crippen LogP) is 2.38. The molecule has 0 unspecified atom stereocenters. The topological polar surface area (TPSA) is 26.3 Å². The van der Waals surface area contributed by atoms with Crippen LogP contribution in [0.2, 0.25) is 0 Å². The van der Waals surface area contributed by atoms with Gasteiger partial charge in [0.1, 0.15) is 18.1 Å². The third-order valence-electron chi connectivity index (χ3n) is 1.74. The van der Waals surface area contributed by atoms with Crippen LogP contribution in [0.3, 0.4) is 0 Å². The first-order chi connectivity index (χ1) is 6.72. The molecule has 0 heterocycles. The maximum absolute atomic E-state index is 10.8. The normalized spacial score (nSPS) is 9.50. The van der Waals surface area contributed by atoms with Gasteiger partial charge in [0, 0.05) is 6.42 Å². The number of hydrogen-bond donors (Lipinski definition) is 0. The molecule has 0 aliphatic rings. The van der Waals surface area contributed by atoms with Crippen LogP contribution < -0.4 is 4.74 Å². The molecule has 0 fully saturated rings. The molecule has 0 bridgehead atoms. The molecule has 0 saturated carbocycles. The first-order valence-corrected chi connectivity index (χ1v) is 4.54. The average molecular weight is 190 g/mol. The molecule has 0 N–H and O–H groups in total. The van der Waals surface area contributed by atoms with E-state index in [9.17, 15) is 4.79 Å². The van der Waals surface area contributed by atoms with E-state index in [1.165, 1.54) is 0 Å². The van der Waals surface area contributed by atoms with Crippen LogP contribution in [-0.4, -0.2) is 12.4 Å². The van der Waals surface area contributed by atoms with Crippen molar-refractivity contribution >= 4 is 5.78 Å². The minimum absolute atomic E-state index is 0.171. The summed E-state index contributed by atoms with van der Waals surface area (Å²) in [5.41, 5.74) is 1.02. The zero-order chi connectivity index (χ0) is 10.4. The summed E-state index contributed by atoms with van der Waals surface area (Å²) in [6, 6.07) is 7.53. The highest BCUT2D eigenvalue weighted by Crippen LogP contribution is 2.12. The van der Waals surface area contributed by atoms with Crippen molar-refractivity contribution in [3.8, 4) is 5.75 Å². The van der Waals surface area contributed by atoms with Crippen molar-refractivity contribution in [2.45, 2.75) is 13.3 Å². The Labute approximate surface area is 84.2 Å². The molecule has 0 aromatic heterocycles. The van der Waals surface area contributed by atoms with Crippen molar-refractivity contribution < 1.29 is 9.53 Å². The zero-order valence-corrected chi connectivity index (χ0v) is 8.32. The Morgan fingerprint density at radius 3 is 2.57 bits per heavy atom. The molecular formula is C12H14O2. The molecule has 14 heavy (non-hydrogen) atoms. The Morgan fingerprint density at radius 2 is 2.07 bits per heavy atom. The SMILES string of the molecule is C=CCOc1ccc(CC(C)=O)cc1. The van der Waals surface area contributed by atoms with Gasteiger partial charge >= 0.3 is 0 Å². The maximum atomic E-state index is 10.8. The van der Waals surface area contributed by atoms with E-state index in [1.54, 1.807) is 13.0 Å². The summed E-state index contributed by atoms with van der Waals surface area (Å²) in [6.45, 7) is 5.65. The number of carbonyl (C=O) groups is 1. The summed E-state index contributed by atoms with van der Waals surface area (Å²) in [5.74, 6) is 0.974. The van der Waals surface area contributed by atoms with Crippen LogP contribution in [-0.2, 0) is 11.2 Å². The van der Waals surface area contributed by atoms with Gasteiger partial charge in [-0.25, -0.2) is 0 Å². The highest BCUT2D eigenvalue weighted by Gasteiger charge is 1.97. The van der Waals surface area contributed by atoms with E-state index >= 15 is 0 Å². The second kappa shape index (κ2) is 5.22. The molecule has 1 rings (SSSR count). The van der Waals surface area contributed by atoms with Gasteiger partial charge in [0.25, 0.3) is 0 Å². The van der Waals surface area contributed by atoms with Gasteiger partial charge in [0.05, 0.1) is 0 Å². The van der Waals surface area contributed by atoms with Crippen molar-refractivity contribution in [3.05, 3.63) is 42.5 Å². The Kier molecular flexibility index (Phi) is 3.92. The average Bonchev–Trinajstić information content (AvgIpc) is 2.16. The molecule has 2 nitrogen and oxygen atoms in total. The van der Waals surface area contributed by atoms with E-state index in [2.05, 4.69) is 6.58 Å². The van der Waals surface area contributed by atoms with Gasteiger partial charge in [-0.2, -0.15) is 0 Å². The van der Waals surface area contributed by atoms with Crippen molar-refractivity contribution in [1.82, 2.24) is 0 Å². The van der Waals surface area contributed by atoms with Crippen molar-refractivity contribution in [2.75, 3.05) is 6.61 Å². The van der Waals surface area contributed by atoms with Crippen LogP contribution in [0.4, 0.5) is 0 Å². The molecule has 0 aliphatic heterocycles. The lowest BCUT2D eigenvalue weighted by molar-refractivity contribution is -0.116. The van der Waals surface area contributed by atoms with E-state index < -0.39 is 0 Å². The van der Waals surface area contributed by atoms with E-state index in [1.807, 2.05) is 24.3 Å². The summed E-state index contributed by atoms with van der Waals surface area (Å²) >= 11 is 0. The number of rotatable bonds is 5. The molecule has 0 spiro atoms. The summed E-state index contributed by atoms with van der Waals surface area (Å²) in [5, 5.41) is 0. The standard InChI is InChI=1S/C12H14O2/c1-3-8-14-12-6-4-11(5-7-12)9-10(2)13/h3-7H,1,8-9H2,2H3. The van der Waals surface area contributed by atoms with Gasteiger partial charge in [-0.1, -0.05) is 24.8 Å². The van der Waals surface area contributed by atoms with Crippen molar-refractivity contribution in [3.63, 3.8) is 0 Å². The molecule has 2 heteroatoms. The summed E-state index contributed by atoms with van der Waals surface area (Å²) in [7, 11) is 0. The van der Waals surface area contributed by atoms with Gasteiger partial charge in [-0.15, -0.1) is 0 Å². The largest absolute Gasteiger partial charge is 0.490 e. The lowest BCUT2D eigenvalue weighted by Gasteiger charge is -2.03. The number of benzene rings is 1. The van der Waals surface area contributed by atoms with E-state index in [0.29, 0.717) is 13.0 Å². The molecule has 0 aliphatic carbocycles. The van der Waals surface area contributed by atoms with E-state index in [0.717, 1.165) is 11.3 Å². The fourth-order valence-corrected chi connectivity index (χ4v) is 1.15. The molecule has 0 atom stereocenters. The van der Waals surface area contributed by atoms with Crippen LogP contribution in [0.15, 0.2) is 36.9 Å². The highest BCUT2D eigenvalue weighted by molar-refractivity contribution is 5.78. The number of carbonyl (C=O) groups excluding carboxylic acids is 1. The quantitative estimate of drug-likeness (QED) is 0.666. The fourth-order valence-electron chi connectivity index (χ4n) is 1.15. The molecular weight excluding hydrogens is 176 g/mol. The predicted molar refractivity (Wildman–Crippen MR) is 56.5 cm³/mol. The Bertz CT molecular complexity index is 312. The van der Waals surface area contributed by atoms with Crippen molar-refractivity contribution in [1.29, 1.82) is 0 Å². The third-order valence-corrected chi connectivity index (χ3v) is 1.74. The number of ketones is 1. The number of Topliss-reactive ketones (excluding diaryl/α,β-unsaturated/α-hetero) is 1. The molecule has 0 saturated heterocycles. The van der Waals surface area contributed by atoms with Crippen molar-refractivity contribution in [2.24, 2.45) is 0 Å². The van der Waals surface area contributed by atoms with Gasteiger partial charge in [-0.05, 0) is 24.6 Å². The van der Waals surface area contributed by atoms with Gasteiger partial charge in [0.15, 0.2) is 0 Å². The lowest BCUT2D eigenvalue weighted by atomic mass is 10.1. The molecule has 74 valence electrons. The summed E-state index contributed by atoms with van der Waals surface area (Å²) < 4.78 is 5.31. The first kappa shape index (κ1) is 10.5. The maximum Gasteiger partial charge on any atom is 0.134 e. The molecule has 0 amide bonds. The monoisotopic (exact) mass is 190 g/mol. The van der Waals surface area contributed by atoms with Gasteiger partial charge in [0.2, 0.25) is 0 Å². The molecule has 1 aromatic rings. The molecule has 0 radical (unpaired) electrons. The van der Waals surface area contributed by atoms with Crippen LogP contribution >= 0.6 is 0 Å². The molecule has 1 aromatic carbocycles. The number of ether oxygens (including phenoxy) is 1. The minimum atomic E-state index is 0.171. The lowest BCUT2D eigenvalue weighted by Crippen LogP contribution is -1.97. The second-order valence-corrected chi connectivity index (χ2v) is 3.12. The van der Waals surface area contributed by atoms with Crippen LogP contribution in [0.25, 0.3) is 0 Å². The van der Waals surface area contributed by atoms with Crippen LogP contribution in [0.1, 0.15) is 12.5 Å².